The van der Waals surface area contributed by atoms with Gasteiger partial charge in [-0.3, -0.25) is 4.79 Å². The van der Waals surface area contributed by atoms with Crippen molar-refractivity contribution >= 4 is 5.91 Å². The fourth-order valence-electron chi connectivity index (χ4n) is 2.80. The molecule has 0 unspecified atom stereocenters. The number of aromatic hydroxyl groups is 1. The Morgan fingerprint density at radius 1 is 1.24 bits per heavy atom. The van der Waals surface area contributed by atoms with E-state index < -0.39 is 0 Å². The predicted molar refractivity (Wildman–Crippen MR) is 95.1 cm³/mol. The Labute approximate surface area is 147 Å². The zero-order valence-corrected chi connectivity index (χ0v) is 14.1. The standard InChI is InChI=1S/C20H23NO4/c22-17-4-1-3-15(13-17)10-11-21-20(23)16-6-8-18(9-7-16)25-14-19-5-2-12-24-19/h1,3-4,6-9,13,19,22H,2,5,10-12,14H2,(H,21,23)/t19-/m0/s1. The number of hydrogen-bond donors (Lipinski definition) is 2. The summed E-state index contributed by atoms with van der Waals surface area (Å²) < 4.78 is 11.2. The first-order chi connectivity index (χ1) is 12.2. The Morgan fingerprint density at radius 2 is 2.08 bits per heavy atom. The maximum absolute atomic E-state index is 12.2. The highest BCUT2D eigenvalue weighted by atomic mass is 16.5. The van der Waals surface area contributed by atoms with Crippen molar-refractivity contribution < 1.29 is 19.4 Å². The molecule has 0 spiro atoms. The number of hydrogen-bond acceptors (Lipinski definition) is 4. The average Bonchev–Trinajstić information content (AvgIpc) is 3.14. The average molecular weight is 341 g/mol. The van der Waals surface area contributed by atoms with E-state index in [0.29, 0.717) is 25.1 Å². The molecule has 0 saturated carbocycles. The fourth-order valence-corrected chi connectivity index (χ4v) is 2.80. The predicted octanol–water partition coefficient (Wildman–Crippen LogP) is 2.92. The van der Waals surface area contributed by atoms with Gasteiger partial charge in [-0.2, -0.15) is 0 Å². The van der Waals surface area contributed by atoms with Crippen LogP contribution in [0.2, 0.25) is 0 Å². The quantitative estimate of drug-likeness (QED) is 0.812. The number of amides is 1. The highest BCUT2D eigenvalue weighted by Crippen LogP contribution is 2.16. The number of phenolic OH excluding ortho intramolecular Hbond substituents is 1. The van der Waals surface area contributed by atoms with Gasteiger partial charge in [0.25, 0.3) is 5.91 Å². The third kappa shape index (κ3) is 5.22. The molecule has 5 heteroatoms. The van der Waals surface area contributed by atoms with Gasteiger partial charge in [-0.25, -0.2) is 0 Å². The summed E-state index contributed by atoms with van der Waals surface area (Å²) in [6, 6.07) is 14.2. The first-order valence-electron chi connectivity index (χ1n) is 8.61. The van der Waals surface area contributed by atoms with Gasteiger partial charge in [0, 0.05) is 18.7 Å². The van der Waals surface area contributed by atoms with Crippen molar-refractivity contribution in [2.45, 2.75) is 25.4 Å². The lowest BCUT2D eigenvalue weighted by Gasteiger charge is -2.12. The number of rotatable bonds is 7. The Balaban J connectivity index is 1.43. The minimum Gasteiger partial charge on any atom is -0.508 e. The van der Waals surface area contributed by atoms with E-state index in [9.17, 15) is 9.90 Å². The van der Waals surface area contributed by atoms with Crippen LogP contribution in [0.15, 0.2) is 48.5 Å². The number of phenols is 1. The fraction of sp³-hybridized carbons (Fsp3) is 0.350. The van der Waals surface area contributed by atoms with Crippen LogP contribution >= 0.6 is 0 Å². The molecule has 132 valence electrons. The third-order valence-electron chi connectivity index (χ3n) is 4.19. The van der Waals surface area contributed by atoms with Crippen LogP contribution in [0.4, 0.5) is 0 Å². The second-order valence-electron chi connectivity index (χ2n) is 6.15. The van der Waals surface area contributed by atoms with E-state index in [-0.39, 0.29) is 17.8 Å². The van der Waals surface area contributed by atoms with Gasteiger partial charge >= 0.3 is 0 Å². The normalized spacial score (nSPS) is 16.6. The van der Waals surface area contributed by atoms with Crippen molar-refractivity contribution in [2.24, 2.45) is 0 Å². The minimum atomic E-state index is -0.120. The number of ether oxygens (including phenoxy) is 2. The second-order valence-corrected chi connectivity index (χ2v) is 6.15. The zero-order valence-electron chi connectivity index (χ0n) is 14.1. The van der Waals surface area contributed by atoms with Crippen LogP contribution in [0.5, 0.6) is 11.5 Å². The van der Waals surface area contributed by atoms with Crippen molar-refractivity contribution in [3.05, 3.63) is 59.7 Å². The molecular formula is C20H23NO4. The van der Waals surface area contributed by atoms with Crippen molar-refractivity contribution in [1.82, 2.24) is 5.32 Å². The molecule has 1 aliphatic rings. The SMILES string of the molecule is O=C(NCCc1cccc(O)c1)c1ccc(OC[C@@H]2CCCO2)cc1. The van der Waals surface area contributed by atoms with Crippen molar-refractivity contribution in [3.63, 3.8) is 0 Å². The second kappa shape index (κ2) is 8.53. The maximum atomic E-state index is 12.2. The largest absolute Gasteiger partial charge is 0.508 e. The highest BCUT2D eigenvalue weighted by Gasteiger charge is 2.16. The Morgan fingerprint density at radius 3 is 2.80 bits per heavy atom. The maximum Gasteiger partial charge on any atom is 0.251 e. The summed E-state index contributed by atoms with van der Waals surface area (Å²) in [5.41, 5.74) is 1.58. The van der Waals surface area contributed by atoms with Gasteiger partial charge in [-0.05, 0) is 61.2 Å². The smallest absolute Gasteiger partial charge is 0.251 e. The number of carbonyl (C=O) groups excluding carboxylic acids is 1. The molecule has 0 bridgehead atoms. The van der Waals surface area contributed by atoms with Crippen LogP contribution in [0.1, 0.15) is 28.8 Å². The highest BCUT2D eigenvalue weighted by molar-refractivity contribution is 5.94. The van der Waals surface area contributed by atoms with Gasteiger partial charge in [0.05, 0.1) is 6.10 Å². The summed E-state index contributed by atoms with van der Waals surface area (Å²) in [5.74, 6) is 0.861. The number of benzene rings is 2. The van der Waals surface area contributed by atoms with E-state index in [1.54, 1.807) is 42.5 Å². The first-order valence-corrected chi connectivity index (χ1v) is 8.61. The molecule has 1 saturated heterocycles. The van der Waals surface area contributed by atoms with Gasteiger partial charge < -0.3 is 19.9 Å². The molecule has 1 amide bonds. The number of carbonyl (C=O) groups is 1. The van der Waals surface area contributed by atoms with E-state index in [2.05, 4.69) is 5.32 Å². The van der Waals surface area contributed by atoms with Crippen LogP contribution in [0, 0.1) is 0 Å². The van der Waals surface area contributed by atoms with Gasteiger partial charge in [0.15, 0.2) is 0 Å². The minimum absolute atomic E-state index is 0.120. The number of nitrogens with one attached hydrogen (secondary N) is 1. The summed E-state index contributed by atoms with van der Waals surface area (Å²) in [4.78, 5) is 12.2. The van der Waals surface area contributed by atoms with Gasteiger partial charge in [-0.15, -0.1) is 0 Å². The van der Waals surface area contributed by atoms with E-state index in [4.69, 9.17) is 9.47 Å². The van der Waals surface area contributed by atoms with Gasteiger partial charge in [0.1, 0.15) is 18.1 Å². The third-order valence-corrected chi connectivity index (χ3v) is 4.19. The zero-order chi connectivity index (χ0) is 17.5. The molecule has 0 aromatic heterocycles. The summed E-state index contributed by atoms with van der Waals surface area (Å²) in [6.07, 6.45) is 2.98. The molecule has 1 aliphatic heterocycles. The van der Waals surface area contributed by atoms with Crippen molar-refractivity contribution in [2.75, 3.05) is 19.8 Å². The molecular weight excluding hydrogens is 318 g/mol. The van der Waals surface area contributed by atoms with Crippen LogP contribution in [0.3, 0.4) is 0 Å². The lowest BCUT2D eigenvalue weighted by Crippen LogP contribution is -2.25. The molecule has 0 aliphatic carbocycles. The van der Waals surface area contributed by atoms with Crippen molar-refractivity contribution in [3.8, 4) is 11.5 Å². The lowest BCUT2D eigenvalue weighted by atomic mass is 10.1. The Hall–Kier alpha value is -2.53. The monoisotopic (exact) mass is 341 g/mol. The molecule has 2 aromatic carbocycles. The molecule has 2 aromatic rings. The topological polar surface area (TPSA) is 67.8 Å². The van der Waals surface area contributed by atoms with Crippen LogP contribution < -0.4 is 10.1 Å². The van der Waals surface area contributed by atoms with Crippen molar-refractivity contribution in [1.29, 1.82) is 0 Å². The van der Waals surface area contributed by atoms with Crippen LogP contribution in [-0.2, 0) is 11.2 Å². The summed E-state index contributed by atoms with van der Waals surface area (Å²) in [7, 11) is 0. The molecule has 1 atom stereocenters. The molecule has 5 nitrogen and oxygen atoms in total. The summed E-state index contributed by atoms with van der Waals surface area (Å²) in [6.45, 7) is 1.88. The van der Waals surface area contributed by atoms with E-state index in [1.807, 2.05) is 6.07 Å². The molecule has 1 heterocycles. The molecule has 2 N–H and O–H groups in total. The molecule has 1 fully saturated rings. The van der Waals surface area contributed by atoms with Gasteiger partial charge in [-0.1, -0.05) is 12.1 Å². The Bertz CT molecular complexity index is 693. The summed E-state index contributed by atoms with van der Waals surface area (Å²) in [5, 5.41) is 12.3. The molecule has 0 radical (unpaired) electrons. The molecule has 3 rings (SSSR count). The first kappa shape index (κ1) is 17.3. The molecule has 25 heavy (non-hydrogen) atoms. The van der Waals surface area contributed by atoms with Crippen LogP contribution in [0.25, 0.3) is 0 Å². The van der Waals surface area contributed by atoms with E-state index >= 15 is 0 Å². The van der Waals surface area contributed by atoms with E-state index in [1.165, 1.54) is 0 Å². The summed E-state index contributed by atoms with van der Waals surface area (Å²) >= 11 is 0. The lowest BCUT2D eigenvalue weighted by molar-refractivity contribution is 0.0679. The van der Waals surface area contributed by atoms with E-state index in [0.717, 1.165) is 30.8 Å². The van der Waals surface area contributed by atoms with Crippen LogP contribution in [-0.4, -0.2) is 36.9 Å². The van der Waals surface area contributed by atoms with Gasteiger partial charge in [0.2, 0.25) is 0 Å². The Kier molecular flexibility index (Phi) is 5.90.